The summed E-state index contributed by atoms with van der Waals surface area (Å²) in [5, 5.41) is 26.7. The fourth-order valence-corrected chi connectivity index (χ4v) is 1.56. The Morgan fingerprint density at radius 2 is 1.93 bits per heavy atom. The average Bonchev–Trinajstić information content (AvgIpc) is 2.21. The van der Waals surface area contributed by atoms with Crippen LogP contribution in [-0.2, 0) is 4.79 Å². The molecule has 2 atom stereocenters. The van der Waals surface area contributed by atoms with E-state index in [2.05, 4.69) is 6.92 Å². The highest BCUT2D eigenvalue weighted by Gasteiger charge is 2.20. The van der Waals surface area contributed by atoms with E-state index < -0.39 is 18.0 Å². The lowest BCUT2D eigenvalue weighted by Gasteiger charge is -2.14. The first-order chi connectivity index (χ1) is 7.11. The van der Waals surface area contributed by atoms with Crippen LogP contribution in [0.3, 0.4) is 0 Å². The third kappa shape index (κ3) is 7.33. The highest BCUT2D eigenvalue weighted by atomic mass is 16.4. The number of rotatable bonds is 9. The third-order valence-corrected chi connectivity index (χ3v) is 2.52. The van der Waals surface area contributed by atoms with E-state index in [1.807, 2.05) is 0 Å². The van der Waals surface area contributed by atoms with E-state index in [1.54, 1.807) is 0 Å². The van der Waals surface area contributed by atoms with Crippen LogP contribution >= 0.6 is 0 Å². The zero-order valence-corrected chi connectivity index (χ0v) is 9.35. The van der Waals surface area contributed by atoms with Crippen molar-refractivity contribution in [2.75, 3.05) is 6.61 Å². The van der Waals surface area contributed by atoms with Crippen molar-refractivity contribution in [3.05, 3.63) is 0 Å². The number of carbonyl (C=O) groups is 1. The quantitative estimate of drug-likeness (QED) is 0.511. The fourth-order valence-electron chi connectivity index (χ4n) is 1.56. The summed E-state index contributed by atoms with van der Waals surface area (Å²) in [7, 11) is 0. The Morgan fingerprint density at radius 3 is 2.40 bits per heavy atom. The maximum absolute atomic E-state index is 10.8. The van der Waals surface area contributed by atoms with Crippen LogP contribution in [0.15, 0.2) is 0 Å². The van der Waals surface area contributed by atoms with E-state index in [9.17, 15) is 4.79 Å². The van der Waals surface area contributed by atoms with Gasteiger partial charge < -0.3 is 15.3 Å². The Bertz CT molecular complexity index is 170. The Hall–Kier alpha value is -0.610. The minimum absolute atomic E-state index is 0.151. The Kier molecular flexibility index (Phi) is 8.33. The van der Waals surface area contributed by atoms with Gasteiger partial charge in [-0.1, -0.05) is 32.6 Å². The summed E-state index contributed by atoms with van der Waals surface area (Å²) in [6.07, 6.45) is 3.99. The van der Waals surface area contributed by atoms with Crippen LogP contribution in [0.25, 0.3) is 0 Å². The molecule has 0 bridgehead atoms. The summed E-state index contributed by atoms with van der Waals surface area (Å²) in [6.45, 7) is 1.74. The van der Waals surface area contributed by atoms with Crippen LogP contribution in [0, 0.1) is 5.92 Å². The number of aliphatic carboxylic acids is 1. The number of aliphatic hydroxyl groups excluding tert-OH is 2. The predicted molar refractivity (Wildman–Crippen MR) is 57.6 cm³/mol. The van der Waals surface area contributed by atoms with Crippen molar-refractivity contribution >= 4 is 5.97 Å². The number of hydrogen-bond donors (Lipinski definition) is 3. The van der Waals surface area contributed by atoms with Gasteiger partial charge >= 0.3 is 5.97 Å². The summed E-state index contributed by atoms with van der Waals surface area (Å²) in [5.74, 6) is -1.40. The van der Waals surface area contributed by atoms with Crippen molar-refractivity contribution < 1.29 is 20.1 Å². The van der Waals surface area contributed by atoms with Crippen molar-refractivity contribution in [2.24, 2.45) is 5.92 Å². The summed E-state index contributed by atoms with van der Waals surface area (Å²) in [4.78, 5) is 10.8. The zero-order valence-electron chi connectivity index (χ0n) is 9.35. The molecule has 3 N–H and O–H groups in total. The van der Waals surface area contributed by atoms with Gasteiger partial charge in [-0.25, -0.2) is 0 Å². The van der Waals surface area contributed by atoms with Crippen LogP contribution in [0.4, 0.5) is 0 Å². The Balaban J connectivity index is 3.78. The molecule has 0 aliphatic rings. The molecule has 0 aromatic rings. The lowest BCUT2D eigenvalue weighted by atomic mass is 9.95. The molecule has 0 aliphatic carbocycles. The average molecular weight is 218 g/mol. The van der Waals surface area contributed by atoms with E-state index >= 15 is 0 Å². The predicted octanol–water partition coefficient (Wildman–Crippen LogP) is 1.40. The van der Waals surface area contributed by atoms with Gasteiger partial charge in [0.25, 0.3) is 0 Å². The van der Waals surface area contributed by atoms with Gasteiger partial charge in [-0.15, -0.1) is 0 Å². The number of aliphatic hydroxyl groups is 2. The second-order valence-electron chi connectivity index (χ2n) is 3.96. The van der Waals surface area contributed by atoms with Crippen LogP contribution in [-0.4, -0.2) is 34.0 Å². The van der Waals surface area contributed by atoms with Crippen molar-refractivity contribution in [1.29, 1.82) is 0 Å². The van der Waals surface area contributed by atoms with Gasteiger partial charge in [-0.05, 0) is 12.8 Å². The summed E-state index contributed by atoms with van der Waals surface area (Å²) in [6, 6.07) is 0. The number of carboxylic acids is 1. The van der Waals surface area contributed by atoms with Gasteiger partial charge in [0, 0.05) is 0 Å². The van der Waals surface area contributed by atoms with Crippen molar-refractivity contribution in [1.82, 2.24) is 0 Å². The first-order valence-corrected chi connectivity index (χ1v) is 5.63. The van der Waals surface area contributed by atoms with Crippen molar-refractivity contribution in [3.8, 4) is 0 Å². The molecule has 4 nitrogen and oxygen atoms in total. The minimum atomic E-state index is -0.905. The van der Waals surface area contributed by atoms with Crippen molar-refractivity contribution in [2.45, 2.75) is 51.6 Å². The maximum Gasteiger partial charge on any atom is 0.306 e. The molecular weight excluding hydrogens is 196 g/mol. The SMILES string of the molecule is CCCCCCC(CC(O)CO)C(=O)O. The fraction of sp³-hybridized carbons (Fsp3) is 0.909. The standard InChI is InChI=1S/C11H22O4/c1-2-3-4-5-6-9(11(14)15)7-10(13)8-12/h9-10,12-13H,2-8H2,1H3,(H,14,15). The molecule has 0 rings (SSSR count). The van der Waals surface area contributed by atoms with E-state index in [0.717, 1.165) is 25.7 Å². The molecule has 0 amide bonds. The molecule has 0 saturated heterocycles. The third-order valence-electron chi connectivity index (χ3n) is 2.52. The molecule has 15 heavy (non-hydrogen) atoms. The normalized spacial score (nSPS) is 14.9. The number of carboxylic acid groups (broad SMARTS) is 1. The summed E-state index contributed by atoms with van der Waals surface area (Å²) in [5.41, 5.74) is 0. The molecule has 4 heteroatoms. The van der Waals surface area contributed by atoms with Crippen LogP contribution in [0.1, 0.15) is 45.4 Å². The molecule has 0 spiro atoms. The first kappa shape index (κ1) is 14.4. The van der Waals surface area contributed by atoms with Gasteiger partial charge in [-0.3, -0.25) is 4.79 Å². The molecule has 0 aromatic heterocycles. The molecule has 0 fully saturated rings. The highest BCUT2D eigenvalue weighted by Crippen LogP contribution is 2.16. The molecular formula is C11H22O4. The molecule has 0 radical (unpaired) electrons. The number of unbranched alkanes of at least 4 members (excludes halogenated alkanes) is 3. The van der Waals surface area contributed by atoms with E-state index in [1.165, 1.54) is 0 Å². The molecule has 0 aliphatic heterocycles. The first-order valence-electron chi connectivity index (χ1n) is 5.63. The highest BCUT2D eigenvalue weighted by molar-refractivity contribution is 5.69. The lowest BCUT2D eigenvalue weighted by molar-refractivity contribution is -0.143. The van der Waals surface area contributed by atoms with Gasteiger partial charge in [0.05, 0.1) is 18.6 Å². The molecule has 0 heterocycles. The second-order valence-corrected chi connectivity index (χ2v) is 3.96. The topological polar surface area (TPSA) is 77.8 Å². The summed E-state index contributed by atoms with van der Waals surface area (Å²) < 4.78 is 0. The molecule has 0 saturated carbocycles. The van der Waals surface area contributed by atoms with Gasteiger partial charge in [0.1, 0.15) is 0 Å². The maximum atomic E-state index is 10.8. The monoisotopic (exact) mass is 218 g/mol. The second kappa shape index (κ2) is 8.68. The Morgan fingerprint density at radius 1 is 1.27 bits per heavy atom. The number of hydrogen-bond acceptors (Lipinski definition) is 3. The Labute approximate surface area is 90.9 Å². The molecule has 0 aromatic carbocycles. The van der Waals surface area contributed by atoms with Crippen LogP contribution in [0.5, 0.6) is 0 Å². The van der Waals surface area contributed by atoms with E-state index in [4.69, 9.17) is 15.3 Å². The minimum Gasteiger partial charge on any atom is -0.481 e. The molecule has 90 valence electrons. The zero-order chi connectivity index (χ0) is 11.7. The largest absolute Gasteiger partial charge is 0.481 e. The van der Waals surface area contributed by atoms with Gasteiger partial charge in [0.15, 0.2) is 0 Å². The van der Waals surface area contributed by atoms with E-state index in [0.29, 0.717) is 6.42 Å². The van der Waals surface area contributed by atoms with Gasteiger partial charge in [-0.2, -0.15) is 0 Å². The summed E-state index contributed by atoms with van der Waals surface area (Å²) >= 11 is 0. The van der Waals surface area contributed by atoms with Crippen LogP contribution < -0.4 is 0 Å². The van der Waals surface area contributed by atoms with Gasteiger partial charge in [0.2, 0.25) is 0 Å². The van der Waals surface area contributed by atoms with E-state index in [-0.39, 0.29) is 13.0 Å². The smallest absolute Gasteiger partial charge is 0.306 e. The molecule has 2 unspecified atom stereocenters. The van der Waals surface area contributed by atoms with Crippen molar-refractivity contribution in [3.63, 3.8) is 0 Å². The van der Waals surface area contributed by atoms with Crippen LogP contribution in [0.2, 0.25) is 0 Å². The lowest BCUT2D eigenvalue weighted by Crippen LogP contribution is -2.23.